The highest BCUT2D eigenvalue weighted by atomic mass is 32.2. The van der Waals surface area contributed by atoms with Gasteiger partial charge in [0.1, 0.15) is 0 Å². The van der Waals surface area contributed by atoms with Gasteiger partial charge in [0.15, 0.2) is 0 Å². The summed E-state index contributed by atoms with van der Waals surface area (Å²) in [6.07, 6.45) is 0.377. The number of carbonyl (C=O) groups excluding carboxylic acids is 1. The summed E-state index contributed by atoms with van der Waals surface area (Å²) in [5, 5.41) is 0. The van der Waals surface area contributed by atoms with E-state index < -0.39 is 0 Å². The quantitative estimate of drug-likeness (QED) is 0.518. The number of carbonyl (C=O) groups is 1. The lowest BCUT2D eigenvalue weighted by atomic mass is 9.97. The van der Waals surface area contributed by atoms with Crippen LogP contribution in [0, 0.1) is 0 Å². The van der Waals surface area contributed by atoms with Gasteiger partial charge in [-0.1, -0.05) is 33.8 Å². The minimum atomic E-state index is -0.195. The second kappa shape index (κ2) is 6.33. The van der Waals surface area contributed by atoms with E-state index in [0.717, 1.165) is 16.1 Å². The summed E-state index contributed by atoms with van der Waals surface area (Å²) >= 11 is 1.75. The van der Waals surface area contributed by atoms with Crippen molar-refractivity contribution in [2.24, 2.45) is 0 Å². The molecular weight excluding hydrogens is 258 g/mol. The van der Waals surface area contributed by atoms with Crippen LogP contribution in [0.25, 0.3) is 0 Å². The Bertz CT molecular complexity index is 452. The molecular formula is C15H23NO2S. The van der Waals surface area contributed by atoms with Crippen molar-refractivity contribution in [2.45, 2.75) is 49.7 Å². The number of rotatable bonds is 4. The van der Waals surface area contributed by atoms with Crippen LogP contribution in [-0.4, -0.2) is 17.8 Å². The van der Waals surface area contributed by atoms with E-state index >= 15 is 0 Å². The topological polar surface area (TPSA) is 52.3 Å². The molecule has 3 nitrogen and oxygen atoms in total. The fourth-order valence-electron chi connectivity index (χ4n) is 1.75. The van der Waals surface area contributed by atoms with Gasteiger partial charge in [-0.2, -0.15) is 0 Å². The van der Waals surface area contributed by atoms with Crippen LogP contribution < -0.4 is 5.73 Å². The van der Waals surface area contributed by atoms with E-state index in [1.807, 2.05) is 25.1 Å². The van der Waals surface area contributed by atoms with Crippen LogP contribution in [0.15, 0.2) is 23.1 Å². The standard InChI is InChI=1S/C15H23NO2S/c1-10(8-14(17)18-5)11-6-7-13(12(16)9-11)19-15(2,3)4/h6-7,9-10H,8,16H2,1-5H3. The van der Waals surface area contributed by atoms with Crippen molar-refractivity contribution in [1.82, 2.24) is 0 Å². The Hall–Kier alpha value is -1.16. The Morgan fingerprint density at radius 3 is 2.53 bits per heavy atom. The lowest BCUT2D eigenvalue weighted by Gasteiger charge is -2.20. The minimum absolute atomic E-state index is 0.114. The molecule has 106 valence electrons. The van der Waals surface area contributed by atoms with Gasteiger partial charge in [0, 0.05) is 15.3 Å². The highest BCUT2D eigenvalue weighted by Gasteiger charge is 2.16. The average molecular weight is 281 g/mol. The fourth-order valence-corrected chi connectivity index (χ4v) is 2.72. The molecule has 1 rings (SSSR count). The molecule has 0 aliphatic heterocycles. The maximum absolute atomic E-state index is 11.3. The number of ether oxygens (including phenoxy) is 1. The van der Waals surface area contributed by atoms with Crippen molar-refractivity contribution in [3.05, 3.63) is 23.8 Å². The van der Waals surface area contributed by atoms with Gasteiger partial charge in [-0.3, -0.25) is 4.79 Å². The van der Waals surface area contributed by atoms with E-state index in [0.29, 0.717) is 6.42 Å². The molecule has 0 fully saturated rings. The number of methoxy groups -OCH3 is 1. The SMILES string of the molecule is COC(=O)CC(C)c1ccc(SC(C)(C)C)c(N)c1. The Kier molecular flexibility index (Phi) is 5.29. The van der Waals surface area contributed by atoms with Crippen molar-refractivity contribution in [3.63, 3.8) is 0 Å². The molecule has 0 aromatic heterocycles. The zero-order valence-electron chi connectivity index (χ0n) is 12.3. The smallest absolute Gasteiger partial charge is 0.306 e. The summed E-state index contributed by atoms with van der Waals surface area (Å²) in [5.74, 6) is -0.0809. The number of benzene rings is 1. The molecule has 19 heavy (non-hydrogen) atoms. The summed E-state index contributed by atoms with van der Waals surface area (Å²) in [7, 11) is 1.41. The molecule has 1 aromatic rings. The van der Waals surface area contributed by atoms with Gasteiger partial charge in [-0.05, 0) is 23.6 Å². The minimum Gasteiger partial charge on any atom is -0.469 e. The summed E-state index contributed by atoms with van der Waals surface area (Å²) in [6, 6.07) is 6.04. The summed E-state index contributed by atoms with van der Waals surface area (Å²) in [4.78, 5) is 12.4. The van der Waals surface area contributed by atoms with E-state index in [9.17, 15) is 4.79 Å². The monoisotopic (exact) mass is 281 g/mol. The number of hydrogen-bond acceptors (Lipinski definition) is 4. The lowest BCUT2D eigenvalue weighted by Crippen LogP contribution is -2.09. The van der Waals surface area contributed by atoms with Gasteiger partial charge in [0.2, 0.25) is 0 Å². The molecule has 0 spiro atoms. The van der Waals surface area contributed by atoms with Crippen LogP contribution in [0.3, 0.4) is 0 Å². The first-order valence-corrected chi connectivity index (χ1v) is 7.20. The predicted octanol–water partition coefficient (Wildman–Crippen LogP) is 3.83. The van der Waals surface area contributed by atoms with Crippen LogP contribution in [0.2, 0.25) is 0 Å². The predicted molar refractivity (Wildman–Crippen MR) is 81.5 cm³/mol. The zero-order chi connectivity index (χ0) is 14.6. The Morgan fingerprint density at radius 2 is 2.05 bits per heavy atom. The maximum atomic E-state index is 11.3. The van der Waals surface area contributed by atoms with Gasteiger partial charge in [-0.25, -0.2) is 0 Å². The third-order valence-electron chi connectivity index (χ3n) is 2.72. The second-order valence-electron chi connectivity index (χ2n) is 5.69. The molecule has 2 N–H and O–H groups in total. The van der Waals surface area contributed by atoms with Crippen LogP contribution in [-0.2, 0) is 9.53 Å². The molecule has 0 radical (unpaired) electrons. The van der Waals surface area contributed by atoms with Crippen LogP contribution in [0.5, 0.6) is 0 Å². The van der Waals surface area contributed by atoms with Crippen molar-refractivity contribution in [1.29, 1.82) is 0 Å². The summed E-state index contributed by atoms with van der Waals surface area (Å²) in [6.45, 7) is 8.48. The lowest BCUT2D eigenvalue weighted by molar-refractivity contribution is -0.140. The van der Waals surface area contributed by atoms with Crippen LogP contribution >= 0.6 is 11.8 Å². The first kappa shape index (κ1) is 15.9. The molecule has 1 aromatic carbocycles. The van der Waals surface area contributed by atoms with Gasteiger partial charge >= 0.3 is 5.97 Å². The van der Waals surface area contributed by atoms with E-state index in [2.05, 4.69) is 25.5 Å². The first-order valence-electron chi connectivity index (χ1n) is 6.38. The second-order valence-corrected chi connectivity index (χ2v) is 7.56. The normalized spacial score (nSPS) is 13.1. The molecule has 0 aliphatic rings. The van der Waals surface area contributed by atoms with Gasteiger partial charge in [0.25, 0.3) is 0 Å². The van der Waals surface area contributed by atoms with Crippen molar-refractivity contribution in [3.8, 4) is 0 Å². The van der Waals surface area contributed by atoms with Crippen LogP contribution in [0.1, 0.15) is 45.6 Å². The average Bonchev–Trinajstić information content (AvgIpc) is 2.29. The Labute approximate surface area is 119 Å². The van der Waals surface area contributed by atoms with E-state index in [1.165, 1.54) is 7.11 Å². The summed E-state index contributed by atoms with van der Waals surface area (Å²) < 4.78 is 4.82. The zero-order valence-corrected chi connectivity index (χ0v) is 13.1. The fraction of sp³-hybridized carbons (Fsp3) is 0.533. The number of anilines is 1. The van der Waals surface area contributed by atoms with Crippen LogP contribution in [0.4, 0.5) is 5.69 Å². The molecule has 4 heteroatoms. The molecule has 1 unspecified atom stereocenters. The molecule has 0 aliphatic carbocycles. The van der Waals surface area contributed by atoms with Crippen molar-refractivity contribution in [2.75, 3.05) is 12.8 Å². The van der Waals surface area contributed by atoms with E-state index in [1.54, 1.807) is 11.8 Å². The Balaban J connectivity index is 2.84. The molecule has 0 saturated heterocycles. The summed E-state index contributed by atoms with van der Waals surface area (Å²) in [5.41, 5.74) is 7.94. The molecule has 0 bridgehead atoms. The number of thioether (sulfide) groups is 1. The van der Waals surface area contributed by atoms with Crippen molar-refractivity contribution < 1.29 is 9.53 Å². The maximum Gasteiger partial charge on any atom is 0.306 e. The number of esters is 1. The highest BCUT2D eigenvalue weighted by molar-refractivity contribution is 8.00. The highest BCUT2D eigenvalue weighted by Crippen LogP contribution is 2.36. The van der Waals surface area contributed by atoms with E-state index in [-0.39, 0.29) is 16.6 Å². The molecule has 0 amide bonds. The first-order chi connectivity index (χ1) is 8.73. The van der Waals surface area contributed by atoms with Gasteiger partial charge < -0.3 is 10.5 Å². The van der Waals surface area contributed by atoms with Gasteiger partial charge in [0.05, 0.1) is 13.5 Å². The molecule has 0 saturated carbocycles. The Morgan fingerprint density at radius 1 is 1.42 bits per heavy atom. The third kappa shape index (κ3) is 5.15. The van der Waals surface area contributed by atoms with E-state index in [4.69, 9.17) is 5.73 Å². The molecule has 1 atom stereocenters. The number of hydrogen-bond donors (Lipinski definition) is 1. The third-order valence-corrected chi connectivity index (χ3v) is 3.92. The van der Waals surface area contributed by atoms with Crippen molar-refractivity contribution >= 4 is 23.4 Å². The number of nitrogen functional groups attached to an aromatic ring is 1. The number of nitrogens with two attached hydrogens (primary N) is 1. The molecule has 0 heterocycles. The van der Waals surface area contributed by atoms with Gasteiger partial charge in [-0.15, -0.1) is 11.8 Å². The largest absolute Gasteiger partial charge is 0.469 e.